The molecule has 0 fully saturated rings. The van der Waals surface area contributed by atoms with Crippen molar-refractivity contribution in [3.05, 3.63) is 21.5 Å². The largest absolute Gasteiger partial charge is 0.313 e. The number of hydrogen-bond acceptors (Lipinski definition) is 4. The van der Waals surface area contributed by atoms with Crippen LogP contribution in [0.15, 0.2) is 0 Å². The Morgan fingerprint density at radius 3 is 2.53 bits per heavy atom. The molecule has 0 amide bonds. The van der Waals surface area contributed by atoms with Crippen molar-refractivity contribution in [2.24, 2.45) is 13.0 Å². The average molecular weight is 239 g/mol. The van der Waals surface area contributed by atoms with Crippen LogP contribution in [-0.2, 0) is 24.7 Å². The number of nitrogens with zero attached hydrogens (tertiary/aromatic N) is 3. The normalized spacial score (nSPS) is 10.9. The van der Waals surface area contributed by atoms with Gasteiger partial charge in [-0.25, -0.2) is 0 Å². The van der Waals surface area contributed by atoms with Crippen LogP contribution in [0.25, 0.3) is 0 Å². The molecule has 94 valence electrons. The second kappa shape index (κ2) is 5.07. The number of nitro groups is 1. The standard InChI is InChI=1S/C11H17N3O3/c1-5-8-11(14(16)17)9(13(4)12-8)6-10(15)7(2)3/h7H,5-6H2,1-4H3. The van der Waals surface area contributed by atoms with E-state index in [1.54, 1.807) is 20.9 Å². The first-order valence-corrected chi connectivity index (χ1v) is 5.60. The average Bonchev–Trinajstić information content (AvgIpc) is 2.55. The van der Waals surface area contributed by atoms with Gasteiger partial charge in [0.1, 0.15) is 17.2 Å². The summed E-state index contributed by atoms with van der Waals surface area (Å²) in [4.78, 5) is 22.2. The SMILES string of the molecule is CCc1nn(C)c(CC(=O)C(C)C)c1[N+](=O)[O-]. The van der Waals surface area contributed by atoms with Crippen molar-refractivity contribution in [2.75, 3.05) is 0 Å². The number of aromatic nitrogens is 2. The summed E-state index contributed by atoms with van der Waals surface area (Å²) in [6.45, 7) is 5.37. The number of rotatable bonds is 5. The molecule has 1 aromatic heterocycles. The van der Waals surface area contributed by atoms with Crippen LogP contribution in [0, 0.1) is 16.0 Å². The van der Waals surface area contributed by atoms with Gasteiger partial charge in [0.15, 0.2) is 0 Å². The Morgan fingerprint density at radius 2 is 2.12 bits per heavy atom. The maximum Gasteiger partial charge on any atom is 0.313 e. The van der Waals surface area contributed by atoms with E-state index in [4.69, 9.17) is 0 Å². The molecule has 0 spiro atoms. The third-order valence-corrected chi connectivity index (χ3v) is 2.71. The van der Waals surface area contributed by atoms with Crippen LogP contribution in [0.5, 0.6) is 0 Å². The molecule has 0 aliphatic heterocycles. The molecule has 0 aliphatic rings. The molecule has 0 aliphatic carbocycles. The molecule has 0 unspecified atom stereocenters. The maximum atomic E-state index is 11.7. The predicted octanol–water partition coefficient (Wildman–Crippen LogP) is 1.66. The predicted molar refractivity (Wildman–Crippen MR) is 62.8 cm³/mol. The first-order valence-electron chi connectivity index (χ1n) is 5.60. The van der Waals surface area contributed by atoms with Gasteiger partial charge in [0.2, 0.25) is 0 Å². The Hall–Kier alpha value is -1.72. The van der Waals surface area contributed by atoms with Crippen molar-refractivity contribution in [2.45, 2.75) is 33.6 Å². The molecule has 0 saturated heterocycles. The monoisotopic (exact) mass is 239 g/mol. The van der Waals surface area contributed by atoms with Crippen molar-refractivity contribution < 1.29 is 9.72 Å². The number of carbonyl (C=O) groups is 1. The number of Topliss-reactive ketones (excluding diaryl/α,β-unsaturated/α-hetero) is 1. The van der Waals surface area contributed by atoms with Crippen LogP contribution < -0.4 is 0 Å². The van der Waals surface area contributed by atoms with Crippen LogP contribution in [0.3, 0.4) is 0 Å². The summed E-state index contributed by atoms with van der Waals surface area (Å²) >= 11 is 0. The Bertz CT molecular complexity index is 449. The Kier molecular flexibility index (Phi) is 3.98. The topological polar surface area (TPSA) is 78.0 Å². The second-order valence-electron chi connectivity index (χ2n) is 4.27. The van der Waals surface area contributed by atoms with E-state index < -0.39 is 4.92 Å². The second-order valence-corrected chi connectivity index (χ2v) is 4.27. The number of aryl methyl sites for hydroxylation is 2. The summed E-state index contributed by atoms with van der Waals surface area (Å²) in [6, 6.07) is 0. The molecular weight excluding hydrogens is 222 g/mol. The van der Waals surface area contributed by atoms with E-state index in [1.165, 1.54) is 4.68 Å². The van der Waals surface area contributed by atoms with Gasteiger partial charge in [0.25, 0.3) is 0 Å². The molecule has 0 bridgehead atoms. The molecule has 6 nitrogen and oxygen atoms in total. The minimum Gasteiger partial charge on any atom is -0.299 e. The van der Waals surface area contributed by atoms with E-state index in [9.17, 15) is 14.9 Å². The van der Waals surface area contributed by atoms with Crippen molar-refractivity contribution in [3.63, 3.8) is 0 Å². The van der Waals surface area contributed by atoms with Gasteiger partial charge in [-0.05, 0) is 6.42 Å². The zero-order chi connectivity index (χ0) is 13.2. The minimum atomic E-state index is -0.450. The highest BCUT2D eigenvalue weighted by Crippen LogP contribution is 2.24. The first kappa shape index (κ1) is 13.3. The number of carbonyl (C=O) groups excluding carboxylic acids is 1. The van der Waals surface area contributed by atoms with Gasteiger partial charge in [-0.1, -0.05) is 20.8 Å². The molecule has 1 rings (SSSR count). The molecule has 0 N–H and O–H groups in total. The fourth-order valence-electron chi connectivity index (χ4n) is 1.62. The minimum absolute atomic E-state index is 0.0102. The van der Waals surface area contributed by atoms with E-state index in [1.807, 2.05) is 6.92 Å². The van der Waals surface area contributed by atoms with Crippen LogP contribution in [0.1, 0.15) is 32.2 Å². The van der Waals surface area contributed by atoms with E-state index >= 15 is 0 Å². The van der Waals surface area contributed by atoms with E-state index in [-0.39, 0.29) is 23.8 Å². The van der Waals surface area contributed by atoms with Crippen LogP contribution in [0.4, 0.5) is 5.69 Å². The van der Waals surface area contributed by atoms with Gasteiger partial charge < -0.3 is 0 Å². The lowest BCUT2D eigenvalue weighted by Gasteiger charge is -2.03. The number of ketones is 1. The van der Waals surface area contributed by atoms with Gasteiger partial charge >= 0.3 is 5.69 Å². The van der Waals surface area contributed by atoms with Gasteiger partial charge in [0, 0.05) is 13.0 Å². The summed E-state index contributed by atoms with van der Waals surface area (Å²) in [6.07, 6.45) is 0.553. The summed E-state index contributed by atoms with van der Waals surface area (Å²) in [7, 11) is 1.63. The smallest absolute Gasteiger partial charge is 0.299 e. The molecular formula is C11H17N3O3. The third kappa shape index (κ3) is 2.69. The Morgan fingerprint density at radius 1 is 1.53 bits per heavy atom. The first-order chi connectivity index (χ1) is 7.88. The van der Waals surface area contributed by atoms with Gasteiger partial charge in [0.05, 0.1) is 11.3 Å². The van der Waals surface area contributed by atoms with Crippen molar-refractivity contribution in [1.82, 2.24) is 9.78 Å². The highest BCUT2D eigenvalue weighted by molar-refractivity contribution is 5.83. The molecule has 17 heavy (non-hydrogen) atoms. The zero-order valence-electron chi connectivity index (χ0n) is 10.6. The summed E-state index contributed by atoms with van der Waals surface area (Å²) in [5.74, 6) is -0.145. The lowest BCUT2D eigenvalue weighted by Crippen LogP contribution is -2.14. The van der Waals surface area contributed by atoms with Crippen LogP contribution in [-0.4, -0.2) is 20.5 Å². The van der Waals surface area contributed by atoms with Crippen molar-refractivity contribution in [1.29, 1.82) is 0 Å². The summed E-state index contributed by atoms with van der Waals surface area (Å²) < 4.78 is 1.44. The van der Waals surface area contributed by atoms with Crippen molar-refractivity contribution >= 4 is 11.5 Å². The fraction of sp³-hybridized carbons (Fsp3) is 0.636. The lowest BCUT2D eigenvalue weighted by molar-refractivity contribution is -0.386. The quantitative estimate of drug-likeness (QED) is 0.578. The molecule has 0 atom stereocenters. The highest BCUT2D eigenvalue weighted by Gasteiger charge is 2.27. The fourth-order valence-corrected chi connectivity index (χ4v) is 1.62. The van der Waals surface area contributed by atoms with E-state index in [2.05, 4.69) is 5.10 Å². The van der Waals surface area contributed by atoms with Crippen molar-refractivity contribution in [3.8, 4) is 0 Å². The van der Waals surface area contributed by atoms with Crippen LogP contribution in [0.2, 0.25) is 0 Å². The third-order valence-electron chi connectivity index (χ3n) is 2.71. The zero-order valence-corrected chi connectivity index (χ0v) is 10.6. The van der Waals surface area contributed by atoms with Gasteiger partial charge in [-0.3, -0.25) is 19.6 Å². The van der Waals surface area contributed by atoms with Gasteiger partial charge in [-0.2, -0.15) is 5.10 Å². The maximum absolute atomic E-state index is 11.7. The molecule has 0 saturated carbocycles. The lowest BCUT2D eigenvalue weighted by atomic mass is 10.0. The molecule has 1 heterocycles. The van der Waals surface area contributed by atoms with E-state index in [0.29, 0.717) is 17.8 Å². The highest BCUT2D eigenvalue weighted by atomic mass is 16.6. The summed E-state index contributed by atoms with van der Waals surface area (Å²) in [5, 5.41) is 15.1. The molecule has 1 aromatic rings. The van der Waals surface area contributed by atoms with E-state index in [0.717, 1.165) is 0 Å². The van der Waals surface area contributed by atoms with Gasteiger partial charge in [-0.15, -0.1) is 0 Å². The van der Waals surface area contributed by atoms with Crippen LogP contribution >= 0.6 is 0 Å². The molecule has 0 aromatic carbocycles. The number of hydrogen-bond donors (Lipinski definition) is 0. The molecule has 0 radical (unpaired) electrons. The Balaban J connectivity index is 3.18. The molecule has 6 heteroatoms. The summed E-state index contributed by atoms with van der Waals surface area (Å²) in [5.41, 5.74) is 0.818. The Labute approximate surface area is 99.8 Å².